The van der Waals surface area contributed by atoms with Gasteiger partial charge in [-0.05, 0) is 89.5 Å². The van der Waals surface area contributed by atoms with Gasteiger partial charge in [0.05, 0.1) is 28.1 Å². The van der Waals surface area contributed by atoms with Crippen LogP contribution in [0.4, 0.5) is 11.4 Å². The van der Waals surface area contributed by atoms with Crippen LogP contribution in [-0.4, -0.2) is 14.5 Å². The highest BCUT2D eigenvalue weighted by Gasteiger charge is 2.37. The molecule has 3 aromatic carbocycles. The van der Waals surface area contributed by atoms with Crippen LogP contribution in [-0.2, 0) is 12.8 Å². The molecule has 0 spiro atoms. The maximum atomic E-state index is 5.56. The van der Waals surface area contributed by atoms with E-state index < -0.39 is 0 Å². The molecule has 2 aliphatic carbocycles. The van der Waals surface area contributed by atoms with E-state index in [4.69, 9.17) is 16.5 Å². The van der Waals surface area contributed by atoms with Gasteiger partial charge in [-0.1, -0.05) is 132 Å². The summed E-state index contributed by atoms with van der Waals surface area (Å²) in [4.78, 5) is 13.4. The molecule has 4 nitrogen and oxygen atoms in total. The normalized spacial score (nSPS) is 20.8. The third kappa shape index (κ3) is 5.19. The van der Waals surface area contributed by atoms with Crippen LogP contribution < -0.4 is 4.90 Å². The number of fused-ring (bicyclic) bond motifs is 6. The molecule has 4 heterocycles. The standard InChI is InChI=1S/C51H46N4/c1-9-36-40-30-35-29-39-31(4)21-19-26-45(39)54-44-25-17-14-22-34(44)28-41(48(35)54)49(40)55(43(36)11-3)50-52-42-24-16-15-23-38(42)47(53-50)37(10-2)46-32(5)20-13-12-18-27-51(7,8)33(46)6/h9-20,22-27,30-31H,1-3,6,21,28-29H2,4-5,7-8H3/b13-12-,27-18?,32-20+,46-37+. The van der Waals surface area contributed by atoms with Crippen LogP contribution in [0.1, 0.15) is 67.8 Å². The molecule has 2 aliphatic heterocycles. The summed E-state index contributed by atoms with van der Waals surface area (Å²) in [6, 6.07) is 19.6. The number of hydrogen-bond acceptors (Lipinski definition) is 3. The Morgan fingerprint density at radius 2 is 1.71 bits per heavy atom. The van der Waals surface area contributed by atoms with Crippen LogP contribution in [0.25, 0.3) is 45.5 Å². The summed E-state index contributed by atoms with van der Waals surface area (Å²) in [5.41, 5.74) is 17.7. The van der Waals surface area contributed by atoms with E-state index in [0.29, 0.717) is 11.9 Å². The summed E-state index contributed by atoms with van der Waals surface area (Å²) in [6.45, 7) is 26.7. The highest BCUT2D eigenvalue weighted by molar-refractivity contribution is 6.03. The first-order valence-electron chi connectivity index (χ1n) is 19.3. The Balaban J connectivity index is 1.39. The van der Waals surface area contributed by atoms with E-state index >= 15 is 0 Å². The van der Waals surface area contributed by atoms with Crippen LogP contribution in [0.3, 0.4) is 0 Å². The fourth-order valence-corrected chi connectivity index (χ4v) is 9.20. The van der Waals surface area contributed by atoms with E-state index in [2.05, 4.69) is 148 Å². The summed E-state index contributed by atoms with van der Waals surface area (Å²) < 4.78 is 2.24. The zero-order valence-electron chi connectivity index (χ0n) is 32.3. The van der Waals surface area contributed by atoms with Crippen molar-refractivity contribution in [3.05, 3.63) is 191 Å². The average Bonchev–Trinajstić information content (AvgIpc) is 3.53. The fraction of sp³-hybridized carbons (Fsp3) is 0.176. The van der Waals surface area contributed by atoms with Gasteiger partial charge in [-0.25, -0.2) is 9.97 Å². The first kappa shape index (κ1) is 34.5. The Hall–Kier alpha value is -6.26. The predicted molar refractivity (Wildman–Crippen MR) is 234 cm³/mol. The maximum absolute atomic E-state index is 5.56. The smallest absolute Gasteiger partial charge is 0.235 e. The van der Waals surface area contributed by atoms with Crippen molar-refractivity contribution >= 4 is 50.9 Å². The van der Waals surface area contributed by atoms with Crippen LogP contribution in [0, 0.1) is 11.3 Å². The van der Waals surface area contributed by atoms with Crippen LogP contribution in [0.2, 0.25) is 0 Å². The van der Waals surface area contributed by atoms with Gasteiger partial charge in [-0.15, -0.1) is 0 Å². The predicted octanol–water partition coefficient (Wildman–Crippen LogP) is 12.9. The number of allylic oxidation sites excluding steroid dienone is 13. The minimum Gasteiger partial charge on any atom is -0.310 e. The van der Waals surface area contributed by atoms with Gasteiger partial charge in [0.25, 0.3) is 0 Å². The average molecular weight is 715 g/mol. The van der Waals surface area contributed by atoms with Crippen LogP contribution in [0.15, 0.2) is 158 Å². The Labute approximate surface area is 324 Å². The van der Waals surface area contributed by atoms with Crippen molar-refractivity contribution in [1.82, 2.24) is 14.5 Å². The van der Waals surface area contributed by atoms with E-state index in [9.17, 15) is 0 Å². The van der Waals surface area contributed by atoms with Crippen molar-refractivity contribution in [3.8, 4) is 5.95 Å². The molecule has 0 amide bonds. The van der Waals surface area contributed by atoms with Crippen molar-refractivity contribution in [3.63, 3.8) is 0 Å². The number of benzene rings is 3. The summed E-state index contributed by atoms with van der Waals surface area (Å²) in [6.07, 6.45) is 23.9. The number of nitrogens with zero attached hydrogens (tertiary/aromatic N) is 4. The van der Waals surface area contributed by atoms with Crippen LogP contribution in [0.5, 0.6) is 0 Å². The van der Waals surface area contributed by atoms with Gasteiger partial charge in [0.2, 0.25) is 5.95 Å². The molecule has 4 heteroatoms. The summed E-state index contributed by atoms with van der Waals surface area (Å²) in [5, 5.41) is 2.10. The second kappa shape index (κ2) is 13.0. The molecular formula is C51H46N4. The van der Waals surface area contributed by atoms with Gasteiger partial charge in [0, 0.05) is 50.7 Å². The van der Waals surface area contributed by atoms with E-state index in [1.165, 1.54) is 39.3 Å². The van der Waals surface area contributed by atoms with Gasteiger partial charge < -0.3 is 4.90 Å². The van der Waals surface area contributed by atoms with Gasteiger partial charge in [-0.2, -0.15) is 0 Å². The highest BCUT2D eigenvalue weighted by atomic mass is 15.2. The van der Waals surface area contributed by atoms with Gasteiger partial charge in [-0.3, -0.25) is 4.57 Å². The maximum Gasteiger partial charge on any atom is 0.235 e. The molecule has 5 aromatic rings. The second-order valence-corrected chi connectivity index (χ2v) is 15.7. The lowest BCUT2D eigenvalue weighted by molar-refractivity contribution is 0.591. The number of aromatic nitrogens is 3. The van der Waals surface area contributed by atoms with Crippen molar-refractivity contribution in [2.75, 3.05) is 4.90 Å². The topological polar surface area (TPSA) is 34.0 Å². The number of hydrogen-bond donors (Lipinski definition) is 0. The third-order valence-electron chi connectivity index (χ3n) is 12.1. The van der Waals surface area contributed by atoms with E-state index in [1.807, 2.05) is 24.3 Å². The van der Waals surface area contributed by atoms with Crippen molar-refractivity contribution in [2.45, 2.75) is 47.0 Å². The summed E-state index contributed by atoms with van der Waals surface area (Å²) in [7, 11) is 0. The largest absolute Gasteiger partial charge is 0.310 e. The molecule has 0 bridgehead atoms. The molecule has 4 aliphatic rings. The molecular weight excluding hydrogens is 669 g/mol. The van der Waals surface area contributed by atoms with E-state index in [0.717, 1.165) is 80.3 Å². The molecule has 0 saturated heterocycles. The zero-order chi connectivity index (χ0) is 38.2. The first-order valence-corrected chi connectivity index (χ1v) is 19.3. The third-order valence-corrected chi connectivity index (χ3v) is 12.1. The molecule has 2 aromatic heterocycles. The molecule has 0 fully saturated rings. The quantitative estimate of drug-likeness (QED) is 0.182. The highest BCUT2D eigenvalue weighted by Crippen LogP contribution is 2.53. The number of anilines is 2. The lowest BCUT2D eigenvalue weighted by atomic mass is 9.76. The van der Waals surface area contributed by atoms with E-state index in [1.54, 1.807) is 0 Å². The van der Waals surface area contributed by atoms with Crippen LogP contribution >= 0.6 is 0 Å². The van der Waals surface area contributed by atoms with Gasteiger partial charge in [0.15, 0.2) is 0 Å². The number of para-hydroxylation sites is 2. The molecule has 1 unspecified atom stereocenters. The Morgan fingerprint density at radius 1 is 0.909 bits per heavy atom. The SMILES string of the molecule is C=C\C(=C1C(=C)C(C)(C)C=C\C=C/C=C/1C)c1nc(-n2c(C=C)c(C=C)c3cc4c5c(c32)Cc2ccccc2N5C2=C(C4)C(C)CC=C2)nc2ccccc12. The minimum atomic E-state index is -0.310. The van der Waals surface area contributed by atoms with Crippen molar-refractivity contribution in [1.29, 1.82) is 0 Å². The fourth-order valence-electron chi connectivity index (χ4n) is 9.20. The Morgan fingerprint density at radius 3 is 2.51 bits per heavy atom. The Bertz CT molecular complexity index is 2750. The summed E-state index contributed by atoms with van der Waals surface area (Å²) >= 11 is 0. The lowest BCUT2D eigenvalue weighted by Crippen LogP contribution is -2.31. The van der Waals surface area contributed by atoms with Crippen molar-refractivity contribution < 1.29 is 0 Å². The molecule has 9 rings (SSSR count). The van der Waals surface area contributed by atoms with Crippen molar-refractivity contribution in [2.24, 2.45) is 11.3 Å². The molecule has 55 heavy (non-hydrogen) atoms. The van der Waals surface area contributed by atoms with Gasteiger partial charge >= 0.3 is 0 Å². The summed E-state index contributed by atoms with van der Waals surface area (Å²) in [5.74, 6) is 1.06. The molecule has 0 radical (unpaired) electrons. The molecule has 0 saturated carbocycles. The van der Waals surface area contributed by atoms with E-state index in [-0.39, 0.29) is 5.41 Å². The zero-order valence-corrected chi connectivity index (χ0v) is 32.3. The van der Waals surface area contributed by atoms with Gasteiger partial charge in [0.1, 0.15) is 0 Å². The first-order chi connectivity index (χ1) is 26.7. The second-order valence-electron chi connectivity index (χ2n) is 15.7. The minimum absolute atomic E-state index is 0.310. The molecule has 1 atom stereocenters. The molecule has 270 valence electrons. The number of rotatable bonds is 5. The Kier molecular flexibility index (Phi) is 8.12. The monoisotopic (exact) mass is 714 g/mol. The lowest BCUT2D eigenvalue weighted by Gasteiger charge is -2.42. The molecule has 0 N–H and O–H groups in total.